The van der Waals surface area contributed by atoms with Crippen molar-refractivity contribution in [1.82, 2.24) is 24.2 Å². The molecule has 2 amide bonds. The zero-order valence-electron chi connectivity index (χ0n) is 20.0. The van der Waals surface area contributed by atoms with Crippen molar-refractivity contribution in [2.75, 3.05) is 43.4 Å². The van der Waals surface area contributed by atoms with Gasteiger partial charge in [0.2, 0.25) is 10.0 Å². The minimum atomic E-state index is -3.47. The van der Waals surface area contributed by atoms with Gasteiger partial charge in [0.05, 0.1) is 16.3 Å². The van der Waals surface area contributed by atoms with E-state index in [1.165, 1.54) is 4.31 Å². The van der Waals surface area contributed by atoms with E-state index in [0.29, 0.717) is 37.8 Å². The van der Waals surface area contributed by atoms with Gasteiger partial charge >= 0.3 is 6.03 Å². The predicted molar refractivity (Wildman–Crippen MR) is 135 cm³/mol. The summed E-state index contributed by atoms with van der Waals surface area (Å²) in [5.41, 5.74) is 1.36. The minimum Gasteiger partial charge on any atom is -0.354 e. The summed E-state index contributed by atoms with van der Waals surface area (Å²) in [7, 11) is -1.46. The monoisotopic (exact) mass is 497 g/mol. The molecule has 186 valence electrons. The highest BCUT2D eigenvalue weighted by Crippen LogP contribution is 2.29. The first kappa shape index (κ1) is 23.6. The molecule has 0 aliphatic carbocycles. The topological polar surface area (TPSA) is 115 Å². The summed E-state index contributed by atoms with van der Waals surface area (Å²) < 4.78 is 27.0. The van der Waals surface area contributed by atoms with Crippen LogP contribution in [-0.4, -0.2) is 77.9 Å². The van der Waals surface area contributed by atoms with Gasteiger partial charge in [-0.3, -0.25) is 0 Å². The van der Waals surface area contributed by atoms with E-state index in [0.717, 1.165) is 36.1 Å². The number of anilines is 2. The maximum atomic E-state index is 13.1. The van der Waals surface area contributed by atoms with Crippen molar-refractivity contribution in [3.63, 3.8) is 0 Å². The van der Waals surface area contributed by atoms with Crippen molar-refractivity contribution >= 4 is 38.6 Å². The number of benzene rings is 1. The van der Waals surface area contributed by atoms with E-state index < -0.39 is 10.0 Å². The van der Waals surface area contributed by atoms with Crippen LogP contribution in [0.5, 0.6) is 0 Å². The average Bonchev–Trinajstić information content (AvgIpc) is 3.57. The molecule has 0 bridgehead atoms. The molecule has 10 nitrogen and oxygen atoms in total. The van der Waals surface area contributed by atoms with Crippen molar-refractivity contribution in [2.24, 2.45) is 5.92 Å². The van der Waals surface area contributed by atoms with Crippen LogP contribution in [0, 0.1) is 5.92 Å². The summed E-state index contributed by atoms with van der Waals surface area (Å²) in [6.07, 6.45) is 6.06. The summed E-state index contributed by atoms with van der Waals surface area (Å²) in [5.74, 6) is 1.22. The summed E-state index contributed by atoms with van der Waals surface area (Å²) in [4.78, 5) is 29.2. The van der Waals surface area contributed by atoms with Crippen LogP contribution in [0.3, 0.4) is 0 Å². The highest BCUT2D eigenvalue weighted by atomic mass is 32.2. The lowest BCUT2D eigenvalue weighted by molar-refractivity contribution is 0.172. The van der Waals surface area contributed by atoms with Gasteiger partial charge in [-0.15, -0.1) is 0 Å². The number of carbonyl (C=O) groups excluding carboxylic acids is 1. The van der Waals surface area contributed by atoms with Gasteiger partial charge in [-0.2, -0.15) is 4.31 Å². The Morgan fingerprint density at radius 3 is 2.60 bits per heavy atom. The number of hydrogen-bond donors (Lipinski definition) is 2. The fourth-order valence-corrected chi connectivity index (χ4v) is 6.54. The van der Waals surface area contributed by atoms with Gasteiger partial charge in [-0.05, 0) is 55.5 Å². The summed E-state index contributed by atoms with van der Waals surface area (Å²) >= 11 is 0. The SMILES string of the molecule is CC1CCN(C(=O)Nc2ccc(S(=O)(=O)N3CCCC3)cc2)CC1N(C)c1ncnc2[nH]ccc12. The van der Waals surface area contributed by atoms with Crippen molar-refractivity contribution < 1.29 is 13.2 Å². The third-order valence-electron chi connectivity index (χ3n) is 7.18. The van der Waals surface area contributed by atoms with E-state index in [1.807, 2.05) is 24.2 Å². The van der Waals surface area contributed by atoms with Crippen LogP contribution >= 0.6 is 0 Å². The second-order valence-electron chi connectivity index (χ2n) is 9.39. The van der Waals surface area contributed by atoms with E-state index in [9.17, 15) is 13.2 Å². The molecule has 4 heterocycles. The highest BCUT2D eigenvalue weighted by molar-refractivity contribution is 7.89. The predicted octanol–water partition coefficient (Wildman–Crippen LogP) is 3.12. The lowest BCUT2D eigenvalue weighted by Gasteiger charge is -2.42. The third kappa shape index (κ3) is 4.57. The number of nitrogens with one attached hydrogen (secondary N) is 2. The first-order valence-electron chi connectivity index (χ1n) is 12.0. The number of hydrogen-bond acceptors (Lipinski definition) is 6. The van der Waals surface area contributed by atoms with E-state index >= 15 is 0 Å². The van der Waals surface area contributed by atoms with Gasteiger partial charge in [0, 0.05) is 45.1 Å². The van der Waals surface area contributed by atoms with Gasteiger partial charge in [-0.1, -0.05) is 6.92 Å². The highest BCUT2D eigenvalue weighted by Gasteiger charge is 2.33. The molecule has 5 rings (SSSR count). The number of nitrogens with zero attached hydrogens (tertiary/aromatic N) is 5. The van der Waals surface area contributed by atoms with Crippen molar-refractivity contribution in [3.8, 4) is 0 Å². The standard InChI is InChI=1S/C24H31N7O3S/c1-17-10-14-30(15-21(17)29(2)23-20-9-11-25-22(20)26-16-27-23)24(32)28-18-5-7-19(8-6-18)35(33,34)31-12-3-4-13-31/h5-9,11,16-17,21H,3-4,10,12-15H2,1-2H3,(H,28,32)(H,25,26,27). The fraction of sp³-hybridized carbons (Fsp3) is 0.458. The lowest BCUT2D eigenvalue weighted by Crippen LogP contribution is -2.53. The number of amides is 2. The number of aromatic amines is 1. The Kier molecular flexibility index (Phi) is 6.37. The Bertz CT molecular complexity index is 1300. The number of likely N-dealkylation sites (tertiary alicyclic amines) is 1. The maximum Gasteiger partial charge on any atom is 0.321 e. The number of likely N-dealkylation sites (N-methyl/N-ethyl adjacent to an activating group) is 1. The van der Waals surface area contributed by atoms with Crippen LogP contribution in [0.4, 0.5) is 16.3 Å². The average molecular weight is 498 g/mol. The van der Waals surface area contributed by atoms with Gasteiger partial charge in [-0.25, -0.2) is 23.2 Å². The molecule has 35 heavy (non-hydrogen) atoms. The number of piperidine rings is 1. The summed E-state index contributed by atoms with van der Waals surface area (Å²) in [6, 6.07) is 8.30. The quantitative estimate of drug-likeness (QED) is 0.560. The molecule has 2 fully saturated rings. The Morgan fingerprint density at radius 1 is 1.11 bits per heavy atom. The molecule has 2 N–H and O–H groups in total. The second kappa shape index (κ2) is 9.46. The maximum absolute atomic E-state index is 13.1. The van der Waals surface area contributed by atoms with Gasteiger partial charge in [0.15, 0.2) is 0 Å². The van der Waals surface area contributed by atoms with Gasteiger partial charge < -0.3 is 20.1 Å². The number of aromatic nitrogens is 3. The molecule has 0 radical (unpaired) electrons. The minimum absolute atomic E-state index is 0.0930. The fourth-order valence-electron chi connectivity index (χ4n) is 5.02. The lowest BCUT2D eigenvalue weighted by atomic mass is 9.92. The van der Waals surface area contributed by atoms with Crippen molar-refractivity contribution in [1.29, 1.82) is 0 Å². The molecule has 0 spiro atoms. The first-order valence-corrected chi connectivity index (χ1v) is 13.5. The zero-order valence-corrected chi connectivity index (χ0v) is 20.8. The molecule has 3 aromatic rings. The Hall–Kier alpha value is -3.18. The number of urea groups is 1. The van der Waals surface area contributed by atoms with Crippen LogP contribution in [0.1, 0.15) is 26.2 Å². The molecular weight excluding hydrogens is 466 g/mol. The molecule has 2 aliphatic rings. The van der Waals surface area contributed by atoms with E-state index in [4.69, 9.17) is 0 Å². The largest absolute Gasteiger partial charge is 0.354 e. The third-order valence-corrected chi connectivity index (χ3v) is 9.09. The molecule has 2 unspecified atom stereocenters. The normalized spacial score (nSPS) is 21.4. The van der Waals surface area contributed by atoms with E-state index in [1.54, 1.807) is 30.6 Å². The summed E-state index contributed by atoms with van der Waals surface area (Å²) in [5, 5.41) is 3.88. The van der Waals surface area contributed by atoms with Crippen molar-refractivity contribution in [3.05, 3.63) is 42.9 Å². The zero-order chi connectivity index (χ0) is 24.6. The molecule has 2 saturated heterocycles. The van der Waals surface area contributed by atoms with Crippen LogP contribution in [0.15, 0.2) is 47.8 Å². The molecule has 0 saturated carbocycles. The molecule has 2 aromatic heterocycles. The first-order chi connectivity index (χ1) is 16.8. The number of fused-ring (bicyclic) bond motifs is 1. The molecule has 2 atom stereocenters. The second-order valence-corrected chi connectivity index (χ2v) is 11.3. The number of H-pyrrole nitrogens is 1. The number of sulfonamides is 1. The molecule has 2 aliphatic heterocycles. The molecular formula is C24H31N7O3S. The van der Waals surface area contributed by atoms with E-state index in [2.05, 4.69) is 32.1 Å². The number of rotatable bonds is 5. The van der Waals surface area contributed by atoms with Crippen LogP contribution < -0.4 is 10.2 Å². The Labute approximate surface area is 205 Å². The Morgan fingerprint density at radius 2 is 1.86 bits per heavy atom. The number of carbonyl (C=O) groups is 1. The van der Waals surface area contributed by atoms with E-state index in [-0.39, 0.29) is 17.0 Å². The smallest absolute Gasteiger partial charge is 0.321 e. The van der Waals surface area contributed by atoms with Crippen LogP contribution in [-0.2, 0) is 10.0 Å². The van der Waals surface area contributed by atoms with Crippen molar-refractivity contribution in [2.45, 2.75) is 37.1 Å². The van der Waals surface area contributed by atoms with Gasteiger partial charge in [0.25, 0.3) is 0 Å². The molecule has 1 aromatic carbocycles. The molecule has 11 heteroatoms. The summed E-state index contributed by atoms with van der Waals surface area (Å²) in [6.45, 7) is 4.54. The van der Waals surface area contributed by atoms with Gasteiger partial charge in [0.1, 0.15) is 17.8 Å². The Balaban J connectivity index is 1.26. The van der Waals surface area contributed by atoms with Crippen LogP contribution in [0.2, 0.25) is 0 Å². The van der Waals surface area contributed by atoms with Crippen LogP contribution in [0.25, 0.3) is 11.0 Å².